The van der Waals surface area contributed by atoms with Crippen LogP contribution in [0.2, 0.25) is 0 Å². The van der Waals surface area contributed by atoms with Gasteiger partial charge in [-0.2, -0.15) is 0 Å². The van der Waals surface area contributed by atoms with E-state index in [1.54, 1.807) is 24.3 Å². The van der Waals surface area contributed by atoms with Gasteiger partial charge in [0.15, 0.2) is 0 Å². The molecule has 2 fully saturated rings. The zero-order valence-corrected chi connectivity index (χ0v) is 18.4. The average molecular weight is 442 g/mol. The van der Waals surface area contributed by atoms with Gasteiger partial charge in [-0.25, -0.2) is 0 Å². The van der Waals surface area contributed by atoms with Crippen LogP contribution in [0.15, 0.2) is 66.7 Å². The summed E-state index contributed by atoms with van der Waals surface area (Å²) >= 11 is 0. The number of nitrogens with zero attached hydrogens (tertiary/aromatic N) is 1. The Hall–Kier alpha value is -3.67. The van der Waals surface area contributed by atoms with Gasteiger partial charge in [0.2, 0.25) is 5.91 Å². The lowest BCUT2D eigenvalue weighted by Gasteiger charge is -2.31. The summed E-state index contributed by atoms with van der Waals surface area (Å²) in [6.07, 6.45) is 3.29. The van der Waals surface area contributed by atoms with Crippen LogP contribution in [0.4, 0.5) is 5.69 Å². The van der Waals surface area contributed by atoms with Crippen LogP contribution in [-0.2, 0) is 4.79 Å². The zero-order valence-electron chi connectivity index (χ0n) is 18.4. The largest absolute Gasteiger partial charge is 0.349 e. The predicted octanol–water partition coefficient (Wildman–Crippen LogP) is 4.22. The summed E-state index contributed by atoms with van der Waals surface area (Å²) in [6, 6.07) is 21.0. The van der Waals surface area contributed by atoms with E-state index in [4.69, 9.17) is 0 Å². The van der Waals surface area contributed by atoms with Crippen LogP contribution in [0.1, 0.15) is 46.4 Å². The third-order valence-corrected chi connectivity index (χ3v) is 6.48. The molecule has 0 atom stereocenters. The molecule has 0 bridgehead atoms. The van der Waals surface area contributed by atoms with E-state index in [-0.39, 0.29) is 29.7 Å². The molecule has 0 unspecified atom stereocenters. The lowest BCUT2D eigenvalue weighted by molar-refractivity contribution is -0.121. The summed E-state index contributed by atoms with van der Waals surface area (Å²) in [7, 11) is 0. The van der Waals surface area contributed by atoms with Crippen LogP contribution in [0.5, 0.6) is 0 Å². The molecule has 33 heavy (non-hydrogen) atoms. The summed E-state index contributed by atoms with van der Waals surface area (Å²) in [6.45, 7) is 1.09. The number of hydrogen-bond donors (Lipinski definition) is 2. The Balaban J connectivity index is 1.19. The highest BCUT2D eigenvalue weighted by Gasteiger charge is 2.29. The molecule has 5 rings (SSSR count). The number of rotatable bonds is 5. The first kappa shape index (κ1) is 21.2. The molecule has 3 aromatic carbocycles. The van der Waals surface area contributed by atoms with E-state index in [9.17, 15) is 14.4 Å². The van der Waals surface area contributed by atoms with Crippen molar-refractivity contribution in [3.63, 3.8) is 0 Å². The van der Waals surface area contributed by atoms with Crippen molar-refractivity contribution < 1.29 is 14.4 Å². The van der Waals surface area contributed by atoms with Gasteiger partial charge in [0.05, 0.1) is 0 Å². The first-order chi connectivity index (χ1) is 16.1. The average Bonchev–Trinajstić information content (AvgIpc) is 3.67. The highest BCUT2D eigenvalue weighted by Crippen LogP contribution is 2.25. The van der Waals surface area contributed by atoms with Crippen LogP contribution in [0.3, 0.4) is 0 Å². The zero-order chi connectivity index (χ0) is 22.8. The summed E-state index contributed by atoms with van der Waals surface area (Å²) in [5, 5.41) is 7.92. The molecule has 0 radical (unpaired) electrons. The number of fused-ring (bicyclic) bond motifs is 1. The van der Waals surface area contributed by atoms with Crippen molar-refractivity contribution in [1.29, 1.82) is 0 Å². The van der Waals surface area contributed by atoms with Crippen molar-refractivity contribution in [1.82, 2.24) is 10.2 Å². The van der Waals surface area contributed by atoms with Gasteiger partial charge in [-0.05, 0) is 60.7 Å². The third-order valence-electron chi connectivity index (χ3n) is 6.48. The van der Waals surface area contributed by atoms with Crippen molar-refractivity contribution in [3.05, 3.63) is 77.9 Å². The normalized spacial score (nSPS) is 16.4. The minimum Gasteiger partial charge on any atom is -0.349 e. The van der Waals surface area contributed by atoms with E-state index >= 15 is 0 Å². The summed E-state index contributed by atoms with van der Waals surface area (Å²) in [5.41, 5.74) is 1.88. The monoisotopic (exact) mass is 441 g/mol. The summed E-state index contributed by atoms with van der Waals surface area (Å²) < 4.78 is 0. The molecular formula is C27H27N3O3. The first-order valence-corrected chi connectivity index (χ1v) is 11.6. The van der Waals surface area contributed by atoms with Crippen LogP contribution in [0.25, 0.3) is 10.8 Å². The first-order valence-electron chi connectivity index (χ1n) is 11.6. The summed E-state index contributed by atoms with van der Waals surface area (Å²) in [5.74, 6) is -0.314. The maximum Gasteiger partial charge on any atom is 0.254 e. The fourth-order valence-corrected chi connectivity index (χ4v) is 4.41. The molecule has 1 saturated carbocycles. The lowest BCUT2D eigenvalue weighted by atomic mass is 9.94. The molecule has 1 aliphatic heterocycles. The van der Waals surface area contributed by atoms with Crippen molar-refractivity contribution >= 4 is 34.2 Å². The number of anilines is 1. The SMILES string of the molecule is O=C(NC1CC1)c1cccc(NC(=O)C2CCN(C(=O)c3cccc4ccccc34)CC2)c1. The Morgan fingerprint density at radius 3 is 2.33 bits per heavy atom. The molecule has 3 amide bonds. The van der Waals surface area contributed by atoms with Gasteiger partial charge in [-0.15, -0.1) is 0 Å². The molecule has 6 heteroatoms. The molecule has 168 valence electrons. The van der Waals surface area contributed by atoms with Gasteiger partial charge in [-0.3, -0.25) is 14.4 Å². The number of amides is 3. The smallest absolute Gasteiger partial charge is 0.254 e. The number of likely N-dealkylation sites (tertiary alicyclic amines) is 1. The number of nitrogens with one attached hydrogen (secondary N) is 2. The van der Waals surface area contributed by atoms with E-state index in [1.807, 2.05) is 47.4 Å². The molecule has 2 aliphatic rings. The molecule has 2 N–H and O–H groups in total. The van der Waals surface area contributed by atoms with E-state index in [0.29, 0.717) is 42.7 Å². The van der Waals surface area contributed by atoms with Crippen molar-refractivity contribution in [3.8, 4) is 0 Å². The highest BCUT2D eigenvalue weighted by atomic mass is 16.2. The maximum atomic E-state index is 13.2. The lowest BCUT2D eigenvalue weighted by Crippen LogP contribution is -2.41. The van der Waals surface area contributed by atoms with Crippen LogP contribution in [0, 0.1) is 5.92 Å². The van der Waals surface area contributed by atoms with Gasteiger partial charge in [-0.1, -0.05) is 42.5 Å². The number of hydrogen-bond acceptors (Lipinski definition) is 3. The Morgan fingerprint density at radius 1 is 0.818 bits per heavy atom. The Morgan fingerprint density at radius 2 is 1.55 bits per heavy atom. The van der Waals surface area contributed by atoms with Crippen LogP contribution < -0.4 is 10.6 Å². The van der Waals surface area contributed by atoms with E-state index < -0.39 is 0 Å². The Labute approximate surface area is 193 Å². The molecule has 3 aromatic rings. The van der Waals surface area contributed by atoms with Crippen molar-refractivity contribution in [2.75, 3.05) is 18.4 Å². The van der Waals surface area contributed by atoms with E-state index in [0.717, 1.165) is 23.6 Å². The van der Waals surface area contributed by atoms with Gasteiger partial charge < -0.3 is 15.5 Å². The molecule has 0 spiro atoms. The molecule has 1 saturated heterocycles. The van der Waals surface area contributed by atoms with E-state index in [1.165, 1.54) is 0 Å². The number of piperidine rings is 1. The summed E-state index contributed by atoms with van der Waals surface area (Å²) in [4.78, 5) is 40.1. The van der Waals surface area contributed by atoms with Crippen LogP contribution >= 0.6 is 0 Å². The molecule has 1 heterocycles. The van der Waals surface area contributed by atoms with Crippen molar-refractivity contribution in [2.24, 2.45) is 5.92 Å². The number of carbonyl (C=O) groups is 3. The Kier molecular flexibility index (Phi) is 5.82. The quantitative estimate of drug-likeness (QED) is 0.622. The second kappa shape index (κ2) is 9.06. The van der Waals surface area contributed by atoms with Crippen LogP contribution in [-0.4, -0.2) is 41.8 Å². The minimum atomic E-state index is -0.162. The number of benzene rings is 3. The van der Waals surface area contributed by atoms with Gasteiger partial charge in [0.1, 0.15) is 0 Å². The second-order valence-electron chi connectivity index (χ2n) is 8.91. The van der Waals surface area contributed by atoms with Gasteiger partial charge in [0.25, 0.3) is 11.8 Å². The molecule has 6 nitrogen and oxygen atoms in total. The molecule has 1 aliphatic carbocycles. The highest BCUT2D eigenvalue weighted by molar-refractivity contribution is 6.07. The van der Waals surface area contributed by atoms with Crippen molar-refractivity contribution in [2.45, 2.75) is 31.7 Å². The molecular weight excluding hydrogens is 414 g/mol. The fraction of sp³-hybridized carbons (Fsp3) is 0.296. The third kappa shape index (κ3) is 4.75. The predicted molar refractivity (Wildman–Crippen MR) is 128 cm³/mol. The fourth-order valence-electron chi connectivity index (χ4n) is 4.41. The second-order valence-corrected chi connectivity index (χ2v) is 8.91. The number of carbonyl (C=O) groups excluding carboxylic acids is 3. The topological polar surface area (TPSA) is 78.5 Å². The van der Waals surface area contributed by atoms with E-state index in [2.05, 4.69) is 10.6 Å². The standard InChI is InChI=1S/C27H27N3O3/c31-25(29-22-8-3-7-20(17-22)26(32)28-21-11-12-21)19-13-15-30(16-14-19)27(33)24-10-4-6-18-5-1-2-9-23(18)24/h1-10,17,19,21H,11-16H2,(H,28,32)(H,29,31). The van der Waals surface area contributed by atoms with Gasteiger partial charge >= 0.3 is 0 Å². The van der Waals surface area contributed by atoms with Gasteiger partial charge in [0, 0.05) is 41.9 Å². The Bertz CT molecular complexity index is 1200. The molecule has 0 aromatic heterocycles. The maximum absolute atomic E-state index is 13.2. The minimum absolute atomic E-state index is 0.0139.